The lowest BCUT2D eigenvalue weighted by Crippen LogP contribution is -2.37. The number of pyridine rings is 1. The minimum Gasteiger partial charge on any atom is -0.337 e. The fraction of sp³-hybridized carbons (Fsp3) is 0.400. The summed E-state index contributed by atoms with van der Waals surface area (Å²) in [5, 5.41) is 0. The number of hydrogen-bond donors (Lipinski definition) is 0. The molecule has 80 valence electrons. The van der Waals surface area contributed by atoms with Gasteiger partial charge in [0.15, 0.2) is 0 Å². The third-order valence-electron chi connectivity index (χ3n) is 2.25. The molecule has 15 heavy (non-hydrogen) atoms. The largest absolute Gasteiger partial charge is 0.337 e. The number of thioether (sulfide) groups is 1. The van der Waals surface area contributed by atoms with E-state index in [1.54, 1.807) is 4.90 Å². The van der Waals surface area contributed by atoms with Crippen LogP contribution in [0, 0.1) is 5.82 Å². The van der Waals surface area contributed by atoms with Gasteiger partial charge in [0, 0.05) is 30.8 Å². The van der Waals surface area contributed by atoms with Crippen molar-refractivity contribution in [3.63, 3.8) is 0 Å². The summed E-state index contributed by atoms with van der Waals surface area (Å²) in [6.45, 7) is 1.47. The second-order valence-corrected chi connectivity index (χ2v) is 4.52. The standard InChI is InChI=1S/C10H11FN2OS/c11-9-5-8(6-12-7-9)10(14)13-1-3-15-4-2-13/h5-7H,1-4H2. The van der Waals surface area contributed by atoms with Crippen LogP contribution in [0.15, 0.2) is 18.5 Å². The summed E-state index contributed by atoms with van der Waals surface area (Å²) >= 11 is 1.83. The van der Waals surface area contributed by atoms with E-state index in [2.05, 4.69) is 4.98 Å². The Kier molecular flexibility index (Phi) is 3.20. The molecule has 1 aromatic rings. The predicted molar refractivity (Wildman–Crippen MR) is 57.4 cm³/mol. The van der Waals surface area contributed by atoms with Crippen molar-refractivity contribution >= 4 is 17.7 Å². The van der Waals surface area contributed by atoms with Gasteiger partial charge >= 0.3 is 0 Å². The van der Waals surface area contributed by atoms with Crippen molar-refractivity contribution in [1.29, 1.82) is 0 Å². The van der Waals surface area contributed by atoms with Crippen molar-refractivity contribution in [2.75, 3.05) is 24.6 Å². The van der Waals surface area contributed by atoms with Gasteiger partial charge in [0.25, 0.3) is 5.91 Å². The van der Waals surface area contributed by atoms with E-state index >= 15 is 0 Å². The molecule has 1 aliphatic heterocycles. The van der Waals surface area contributed by atoms with Crippen molar-refractivity contribution in [2.45, 2.75) is 0 Å². The molecule has 0 bridgehead atoms. The molecule has 0 aromatic carbocycles. The molecule has 0 aliphatic carbocycles. The van der Waals surface area contributed by atoms with E-state index in [1.165, 1.54) is 12.3 Å². The third kappa shape index (κ3) is 2.47. The van der Waals surface area contributed by atoms with Gasteiger partial charge in [-0.25, -0.2) is 4.39 Å². The molecule has 1 aliphatic rings. The van der Waals surface area contributed by atoms with E-state index in [-0.39, 0.29) is 5.91 Å². The zero-order valence-corrected chi connectivity index (χ0v) is 8.97. The lowest BCUT2D eigenvalue weighted by Gasteiger charge is -2.26. The summed E-state index contributed by atoms with van der Waals surface area (Å²) in [6, 6.07) is 1.23. The van der Waals surface area contributed by atoms with Gasteiger partial charge in [-0.1, -0.05) is 0 Å². The first-order valence-electron chi connectivity index (χ1n) is 4.75. The van der Waals surface area contributed by atoms with Crippen molar-refractivity contribution in [2.24, 2.45) is 0 Å². The molecule has 0 atom stereocenters. The summed E-state index contributed by atoms with van der Waals surface area (Å²) in [5.41, 5.74) is 0.335. The topological polar surface area (TPSA) is 33.2 Å². The normalized spacial score (nSPS) is 16.5. The lowest BCUT2D eigenvalue weighted by atomic mass is 10.2. The minimum atomic E-state index is -0.466. The SMILES string of the molecule is O=C(c1cncc(F)c1)N1CCSCC1. The highest BCUT2D eigenvalue weighted by atomic mass is 32.2. The van der Waals surface area contributed by atoms with Gasteiger partial charge < -0.3 is 4.90 Å². The average Bonchev–Trinajstić information content (AvgIpc) is 2.29. The average molecular weight is 226 g/mol. The number of nitrogens with zero attached hydrogens (tertiary/aromatic N) is 2. The molecular formula is C10H11FN2OS. The number of rotatable bonds is 1. The molecule has 5 heteroatoms. The van der Waals surface area contributed by atoms with Gasteiger partial charge in [0.2, 0.25) is 0 Å². The fourth-order valence-electron chi connectivity index (χ4n) is 1.48. The van der Waals surface area contributed by atoms with Gasteiger partial charge in [-0.05, 0) is 6.07 Å². The van der Waals surface area contributed by atoms with E-state index in [1.807, 2.05) is 11.8 Å². The molecule has 0 N–H and O–H groups in total. The van der Waals surface area contributed by atoms with Crippen LogP contribution in [0.4, 0.5) is 4.39 Å². The Hall–Kier alpha value is -1.10. The van der Waals surface area contributed by atoms with E-state index in [4.69, 9.17) is 0 Å². The molecule has 1 aromatic heterocycles. The monoisotopic (exact) mass is 226 g/mol. The molecule has 0 spiro atoms. The molecule has 1 saturated heterocycles. The Balaban J connectivity index is 2.12. The molecule has 2 rings (SSSR count). The Labute approximate surface area is 91.7 Å². The smallest absolute Gasteiger partial charge is 0.255 e. The van der Waals surface area contributed by atoms with Gasteiger partial charge in [-0.2, -0.15) is 11.8 Å². The highest BCUT2D eigenvalue weighted by Crippen LogP contribution is 2.12. The number of carbonyl (C=O) groups is 1. The van der Waals surface area contributed by atoms with Crippen LogP contribution >= 0.6 is 11.8 Å². The first-order valence-corrected chi connectivity index (χ1v) is 5.90. The van der Waals surface area contributed by atoms with Gasteiger partial charge in [0.05, 0.1) is 11.8 Å². The molecule has 0 saturated carbocycles. The van der Waals surface area contributed by atoms with Crippen LogP contribution in [0.5, 0.6) is 0 Å². The van der Waals surface area contributed by atoms with Crippen molar-refractivity contribution in [3.05, 3.63) is 29.8 Å². The fourth-order valence-corrected chi connectivity index (χ4v) is 2.38. The number of halogens is 1. The first-order chi connectivity index (χ1) is 7.27. The molecule has 1 fully saturated rings. The van der Waals surface area contributed by atoms with Crippen LogP contribution in [0.1, 0.15) is 10.4 Å². The van der Waals surface area contributed by atoms with Crippen LogP contribution in [0.2, 0.25) is 0 Å². The number of aromatic nitrogens is 1. The van der Waals surface area contributed by atoms with E-state index in [0.29, 0.717) is 5.56 Å². The maximum Gasteiger partial charge on any atom is 0.255 e. The second kappa shape index (κ2) is 4.61. The highest BCUT2D eigenvalue weighted by molar-refractivity contribution is 7.99. The number of amides is 1. The van der Waals surface area contributed by atoms with E-state index < -0.39 is 5.82 Å². The molecule has 1 amide bonds. The van der Waals surface area contributed by atoms with Crippen LogP contribution < -0.4 is 0 Å². The molecular weight excluding hydrogens is 215 g/mol. The maximum atomic E-state index is 12.9. The summed E-state index contributed by atoms with van der Waals surface area (Å²) in [6.07, 6.45) is 2.51. The molecule has 3 nitrogen and oxygen atoms in total. The minimum absolute atomic E-state index is 0.123. The number of hydrogen-bond acceptors (Lipinski definition) is 3. The van der Waals surface area contributed by atoms with Crippen molar-refractivity contribution < 1.29 is 9.18 Å². The molecule has 0 unspecified atom stereocenters. The van der Waals surface area contributed by atoms with Gasteiger partial charge in [-0.3, -0.25) is 9.78 Å². The second-order valence-electron chi connectivity index (χ2n) is 3.30. The maximum absolute atomic E-state index is 12.9. The lowest BCUT2D eigenvalue weighted by molar-refractivity contribution is 0.0771. The zero-order valence-electron chi connectivity index (χ0n) is 8.15. The van der Waals surface area contributed by atoms with Gasteiger partial charge in [0.1, 0.15) is 5.82 Å². The summed E-state index contributed by atoms with van der Waals surface area (Å²) in [4.78, 5) is 17.3. The van der Waals surface area contributed by atoms with E-state index in [0.717, 1.165) is 30.8 Å². The van der Waals surface area contributed by atoms with Crippen LogP contribution in [-0.2, 0) is 0 Å². The van der Waals surface area contributed by atoms with Crippen LogP contribution in [0.25, 0.3) is 0 Å². The van der Waals surface area contributed by atoms with Crippen LogP contribution in [-0.4, -0.2) is 40.4 Å². The van der Waals surface area contributed by atoms with Crippen LogP contribution in [0.3, 0.4) is 0 Å². The Bertz CT molecular complexity index is 366. The Morgan fingerprint density at radius 1 is 1.40 bits per heavy atom. The third-order valence-corrected chi connectivity index (χ3v) is 3.19. The number of carbonyl (C=O) groups excluding carboxylic acids is 1. The van der Waals surface area contributed by atoms with Crippen molar-refractivity contribution in [1.82, 2.24) is 9.88 Å². The zero-order chi connectivity index (χ0) is 10.7. The van der Waals surface area contributed by atoms with Gasteiger partial charge in [-0.15, -0.1) is 0 Å². The van der Waals surface area contributed by atoms with E-state index in [9.17, 15) is 9.18 Å². The van der Waals surface area contributed by atoms with Crippen molar-refractivity contribution in [3.8, 4) is 0 Å². The molecule has 0 radical (unpaired) electrons. The predicted octanol–water partition coefficient (Wildman–Crippen LogP) is 1.41. The summed E-state index contributed by atoms with van der Waals surface area (Å²) in [5.74, 6) is 1.32. The Morgan fingerprint density at radius 2 is 2.13 bits per heavy atom. The molecule has 2 heterocycles. The highest BCUT2D eigenvalue weighted by Gasteiger charge is 2.18. The summed E-state index contributed by atoms with van der Waals surface area (Å²) < 4.78 is 12.9. The first kappa shape index (κ1) is 10.4. The Morgan fingerprint density at radius 3 is 2.80 bits per heavy atom. The quantitative estimate of drug-likeness (QED) is 0.726. The summed E-state index contributed by atoms with van der Waals surface area (Å²) in [7, 11) is 0.